The van der Waals surface area contributed by atoms with Gasteiger partial charge in [0.25, 0.3) is 0 Å². The maximum atomic E-state index is 12.6. The van der Waals surface area contributed by atoms with E-state index in [4.69, 9.17) is 5.26 Å². The van der Waals surface area contributed by atoms with Gasteiger partial charge in [0.15, 0.2) is 0 Å². The second-order valence-electron chi connectivity index (χ2n) is 4.16. The van der Waals surface area contributed by atoms with Crippen LogP contribution in [0.15, 0.2) is 18.2 Å². The van der Waals surface area contributed by atoms with Crippen LogP contribution in [0, 0.1) is 11.3 Å². The van der Waals surface area contributed by atoms with Gasteiger partial charge in [0, 0.05) is 34.5 Å². The molecule has 3 nitrogen and oxygen atoms in total. The van der Waals surface area contributed by atoms with Crippen LogP contribution < -0.4 is 5.32 Å². The molecule has 0 aliphatic heterocycles. The number of nitriles is 1. The van der Waals surface area contributed by atoms with Crippen LogP contribution in [0.3, 0.4) is 0 Å². The number of nitrogens with zero attached hydrogens (tertiary/aromatic N) is 1. The van der Waals surface area contributed by atoms with Crippen molar-refractivity contribution in [1.29, 1.82) is 5.26 Å². The highest BCUT2D eigenvalue weighted by Crippen LogP contribution is 2.33. The molecule has 0 fully saturated rings. The first-order valence-electron chi connectivity index (χ1n) is 5.42. The van der Waals surface area contributed by atoms with Crippen molar-refractivity contribution < 1.29 is 17.4 Å². The molecule has 7 heteroatoms. The standard InChI is InChI=1S/C12H13F3N2OS/c1-8(7-19(2)18)17-10-3-4-11(12(13,14)15)9(5-10)6-16/h3-5,8,17H,7H2,1-2H3/t8-,19-/m0/s1. The Labute approximate surface area is 111 Å². The minimum atomic E-state index is -4.54. The third-order valence-corrected chi connectivity index (χ3v) is 3.31. The van der Waals surface area contributed by atoms with Crippen LogP contribution in [0.4, 0.5) is 18.9 Å². The quantitative estimate of drug-likeness (QED) is 0.927. The fraction of sp³-hybridized carbons (Fsp3) is 0.417. The number of nitrogens with one attached hydrogen (secondary N) is 1. The predicted octanol–water partition coefficient (Wildman–Crippen LogP) is 2.76. The van der Waals surface area contributed by atoms with Crippen molar-refractivity contribution in [2.75, 3.05) is 17.3 Å². The summed E-state index contributed by atoms with van der Waals surface area (Å²) in [5.74, 6) is 0.378. The Morgan fingerprint density at radius 3 is 2.58 bits per heavy atom. The zero-order chi connectivity index (χ0) is 14.6. The van der Waals surface area contributed by atoms with Gasteiger partial charge in [-0.2, -0.15) is 18.4 Å². The first-order chi connectivity index (χ1) is 8.74. The van der Waals surface area contributed by atoms with E-state index in [-0.39, 0.29) is 6.04 Å². The molecule has 0 amide bonds. The third-order valence-electron chi connectivity index (χ3n) is 2.34. The number of hydrogen-bond acceptors (Lipinski definition) is 3. The van der Waals surface area contributed by atoms with Crippen LogP contribution >= 0.6 is 0 Å². The minimum Gasteiger partial charge on any atom is -0.382 e. The van der Waals surface area contributed by atoms with E-state index in [1.165, 1.54) is 12.1 Å². The normalized spacial score (nSPS) is 14.5. The molecule has 0 unspecified atom stereocenters. The number of hydrogen-bond donors (Lipinski definition) is 1. The van der Waals surface area contributed by atoms with Gasteiger partial charge in [0.05, 0.1) is 17.2 Å². The lowest BCUT2D eigenvalue weighted by Crippen LogP contribution is -2.22. The summed E-state index contributed by atoms with van der Waals surface area (Å²) >= 11 is 0. The van der Waals surface area contributed by atoms with Crippen molar-refractivity contribution in [3.63, 3.8) is 0 Å². The van der Waals surface area contributed by atoms with E-state index < -0.39 is 28.1 Å². The molecule has 1 aromatic rings. The summed E-state index contributed by atoms with van der Waals surface area (Å²) in [6.45, 7) is 1.77. The summed E-state index contributed by atoms with van der Waals surface area (Å²) in [5, 5.41) is 11.7. The van der Waals surface area contributed by atoms with E-state index in [9.17, 15) is 17.4 Å². The minimum absolute atomic E-state index is 0.158. The Bertz CT molecular complexity index is 523. The van der Waals surface area contributed by atoms with Gasteiger partial charge in [-0.1, -0.05) is 0 Å². The second kappa shape index (κ2) is 6.06. The Hall–Kier alpha value is -1.55. The molecule has 0 saturated carbocycles. The molecule has 0 spiro atoms. The fourth-order valence-electron chi connectivity index (χ4n) is 1.65. The maximum Gasteiger partial charge on any atom is 0.417 e. The van der Waals surface area contributed by atoms with E-state index >= 15 is 0 Å². The van der Waals surface area contributed by atoms with Gasteiger partial charge >= 0.3 is 6.18 Å². The zero-order valence-electron chi connectivity index (χ0n) is 10.4. The van der Waals surface area contributed by atoms with Crippen molar-refractivity contribution in [3.8, 4) is 6.07 Å². The second-order valence-corrected chi connectivity index (χ2v) is 5.63. The van der Waals surface area contributed by atoms with Crippen LogP contribution in [0.5, 0.6) is 0 Å². The average Bonchev–Trinajstić information content (AvgIpc) is 2.25. The van der Waals surface area contributed by atoms with Gasteiger partial charge in [-0.3, -0.25) is 4.21 Å². The average molecular weight is 290 g/mol. The van der Waals surface area contributed by atoms with Gasteiger partial charge in [-0.25, -0.2) is 0 Å². The lowest BCUT2D eigenvalue weighted by molar-refractivity contribution is -0.137. The molecule has 104 valence electrons. The van der Waals surface area contributed by atoms with Crippen molar-refractivity contribution >= 4 is 16.5 Å². The molecule has 19 heavy (non-hydrogen) atoms. The van der Waals surface area contributed by atoms with Crippen molar-refractivity contribution in [1.82, 2.24) is 0 Å². The molecule has 0 aliphatic rings. The van der Waals surface area contributed by atoms with Crippen LogP contribution in [-0.4, -0.2) is 22.3 Å². The van der Waals surface area contributed by atoms with Gasteiger partial charge in [-0.15, -0.1) is 0 Å². The van der Waals surface area contributed by atoms with Crippen LogP contribution in [0.2, 0.25) is 0 Å². The zero-order valence-corrected chi connectivity index (χ0v) is 11.2. The van der Waals surface area contributed by atoms with E-state index in [2.05, 4.69) is 5.32 Å². The van der Waals surface area contributed by atoms with E-state index in [1.807, 2.05) is 0 Å². The molecule has 0 saturated heterocycles. The van der Waals surface area contributed by atoms with Gasteiger partial charge in [0.1, 0.15) is 0 Å². The molecule has 0 bridgehead atoms. The van der Waals surface area contributed by atoms with E-state index in [0.29, 0.717) is 11.4 Å². The maximum absolute atomic E-state index is 12.6. The molecule has 1 rings (SSSR count). The first kappa shape index (κ1) is 15.5. The number of anilines is 1. The van der Waals surface area contributed by atoms with Crippen molar-refractivity contribution in [2.45, 2.75) is 19.1 Å². The Morgan fingerprint density at radius 2 is 2.11 bits per heavy atom. The molecule has 0 aromatic heterocycles. The molecule has 0 heterocycles. The lowest BCUT2D eigenvalue weighted by atomic mass is 10.1. The number of benzene rings is 1. The van der Waals surface area contributed by atoms with Crippen molar-refractivity contribution in [2.24, 2.45) is 0 Å². The number of rotatable bonds is 4. The van der Waals surface area contributed by atoms with Gasteiger partial charge in [-0.05, 0) is 25.1 Å². The first-order valence-corrected chi connectivity index (χ1v) is 7.14. The highest BCUT2D eigenvalue weighted by atomic mass is 32.2. The molecule has 1 N–H and O–H groups in total. The van der Waals surface area contributed by atoms with Crippen LogP contribution in [0.1, 0.15) is 18.1 Å². The topological polar surface area (TPSA) is 52.9 Å². The van der Waals surface area contributed by atoms with E-state index in [0.717, 1.165) is 12.1 Å². The molecule has 1 aromatic carbocycles. The summed E-state index contributed by atoms with van der Waals surface area (Å²) in [5.41, 5.74) is -0.975. The summed E-state index contributed by atoms with van der Waals surface area (Å²) < 4.78 is 48.8. The molecular weight excluding hydrogens is 277 g/mol. The predicted molar refractivity (Wildman–Crippen MR) is 68.2 cm³/mol. The smallest absolute Gasteiger partial charge is 0.382 e. The molecule has 2 atom stereocenters. The Morgan fingerprint density at radius 1 is 1.47 bits per heavy atom. The highest BCUT2D eigenvalue weighted by molar-refractivity contribution is 7.84. The highest BCUT2D eigenvalue weighted by Gasteiger charge is 2.33. The SMILES string of the molecule is C[C@@H](C[S@](C)=O)Nc1ccc(C(F)(F)F)c(C#N)c1. The van der Waals surface area contributed by atoms with Crippen LogP contribution in [-0.2, 0) is 17.0 Å². The molecular formula is C12H13F3N2OS. The van der Waals surface area contributed by atoms with Gasteiger partial charge < -0.3 is 5.32 Å². The summed E-state index contributed by atoms with van der Waals surface area (Å²) in [6.07, 6.45) is -2.99. The largest absolute Gasteiger partial charge is 0.417 e. The Kier molecular flexibility index (Phi) is 4.95. The number of halogens is 3. The summed E-state index contributed by atoms with van der Waals surface area (Å²) in [7, 11) is -1.00. The summed E-state index contributed by atoms with van der Waals surface area (Å²) in [6, 6.07) is 4.66. The van der Waals surface area contributed by atoms with E-state index in [1.54, 1.807) is 13.2 Å². The molecule has 0 radical (unpaired) electrons. The van der Waals surface area contributed by atoms with Gasteiger partial charge in [0.2, 0.25) is 0 Å². The number of alkyl halides is 3. The third kappa shape index (κ3) is 4.56. The summed E-state index contributed by atoms with van der Waals surface area (Å²) in [4.78, 5) is 0. The molecule has 0 aliphatic carbocycles. The Balaban J connectivity index is 2.96. The van der Waals surface area contributed by atoms with Crippen molar-refractivity contribution in [3.05, 3.63) is 29.3 Å². The monoisotopic (exact) mass is 290 g/mol. The van der Waals surface area contributed by atoms with Crippen LogP contribution in [0.25, 0.3) is 0 Å². The lowest BCUT2D eigenvalue weighted by Gasteiger charge is -2.15. The fourth-order valence-corrected chi connectivity index (χ4v) is 2.44.